The number of aromatic nitrogens is 1. The van der Waals surface area contributed by atoms with E-state index in [2.05, 4.69) is 132 Å². The maximum Gasteiger partial charge on any atom is 0.227 e. The van der Waals surface area contributed by atoms with Crippen molar-refractivity contribution in [2.45, 2.75) is 0 Å². The lowest BCUT2D eigenvalue weighted by molar-refractivity contribution is 0.620. The van der Waals surface area contributed by atoms with E-state index < -0.39 is 0 Å². The SMILES string of the molecule is c1ccc(-c2ccc(N(c3ccc(-c4ccccc4)c4ccccc34)c3c4nc(-c5ccccc5)oc4cc4c3oc3ccccc34)cc2)cc1. The third-order valence-corrected chi connectivity index (χ3v) is 9.71. The zero-order valence-electron chi connectivity index (χ0n) is 27.5. The minimum atomic E-state index is 0.562. The summed E-state index contributed by atoms with van der Waals surface area (Å²) in [5.74, 6) is 0.562. The topological polar surface area (TPSA) is 42.4 Å². The number of rotatable bonds is 6. The van der Waals surface area contributed by atoms with E-state index in [1.165, 1.54) is 16.7 Å². The van der Waals surface area contributed by atoms with Crippen molar-refractivity contribution < 1.29 is 8.83 Å². The molecule has 0 fully saturated rings. The fourth-order valence-electron chi connectivity index (χ4n) is 7.30. The molecule has 0 amide bonds. The van der Waals surface area contributed by atoms with Gasteiger partial charge in [-0.1, -0.05) is 140 Å². The minimum absolute atomic E-state index is 0.562. The Labute approximate surface area is 294 Å². The number of nitrogens with zero attached hydrogens (tertiary/aromatic N) is 2. The highest BCUT2D eigenvalue weighted by Gasteiger charge is 2.27. The molecule has 8 aromatic carbocycles. The van der Waals surface area contributed by atoms with Crippen LogP contribution in [-0.2, 0) is 0 Å². The largest absolute Gasteiger partial charge is 0.454 e. The van der Waals surface area contributed by atoms with Crippen molar-refractivity contribution in [3.63, 3.8) is 0 Å². The second-order valence-electron chi connectivity index (χ2n) is 12.7. The van der Waals surface area contributed by atoms with E-state index in [0.29, 0.717) is 11.5 Å². The first-order valence-corrected chi connectivity index (χ1v) is 17.1. The summed E-state index contributed by atoms with van der Waals surface area (Å²) in [6.45, 7) is 0. The lowest BCUT2D eigenvalue weighted by Crippen LogP contribution is -2.12. The van der Waals surface area contributed by atoms with Crippen molar-refractivity contribution in [1.82, 2.24) is 4.98 Å². The Bertz CT molecular complexity index is 2840. The Kier molecular flexibility index (Phi) is 6.78. The second kappa shape index (κ2) is 11.9. The van der Waals surface area contributed by atoms with Crippen molar-refractivity contribution in [3.05, 3.63) is 182 Å². The smallest absolute Gasteiger partial charge is 0.227 e. The molecule has 2 heterocycles. The number of benzene rings is 8. The summed E-state index contributed by atoms with van der Waals surface area (Å²) in [7, 11) is 0. The third-order valence-electron chi connectivity index (χ3n) is 9.71. The molecule has 2 aromatic heterocycles. The van der Waals surface area contributed by atoms with E-state index in [0.717, 1.165) is 66.4 Å². The number of fused-ring (bicyclic) bond motifs is 5. The number of oxazole rings is 1. The third kappa shape index (κ3) is 4.88. The average Bonchev–Trinajstić information content (AvgIpc) is 3.81. The summed E-state index contributed by atoms with van der Waals surface area (Å²) >= 11 is 0. The van der Waals surface area contributed by atoms with Crippen LogP contribution in [0.5, 0.6) is 0 Å². The van der Waals surface area contributed by atoms with Crippen LogP contribution in [0.15, 0.2) is 191 Å². The second-order valence-corrected chi connectivity index (χ2v) is 12.7. The van der Waals surface area contributed by atoms with Gasteiger partial charge in [0.2, 0.25) is 5.89 Å². The summed E-state index contributed by atoms with van der Waals surface area (Å²) in [6.07, 6.45) is 0. The summed E-state index contributed by atoms with van der Waals surface area (Å²) in [5, 5.41) is 4.27. The van der Waals surface area contributed by atoms with E-state index >= 15 is 0 Å². The molecular formula is C47H30N2O2. The molecular weight excluding hydrogens is 625 g/mol. The molecule has 10 aromatic rings. The molecule has 0 bridgehead atoms. The molecule has 0 aliphatic heterocycles. The van der Waals surface area contributed by atoms with Crippen LogP contribution in [0.25, 0.3) is 77.5 Å². The van der Waals surface area contributed by atoms with Crippen LogP contribution < -0.4 is 4.90 Å². The number of anilines is 3. The highest BCUT2D eigenvalue weighted by molar-refractivity contribution is 6.19. The van der Waals surface area contributed by atoms with Gasteiger partial charge in [0, 0.05) is 27.4 Å². The zero-order chi connectivity index (χ0) is 33.7. The van der Waals surface area contributed by atoms with E-state index in [1.807, 2.05) is 54.6 Å². The molecule has 51 heavy (non-hydrogen) atoms. The van der Waals surface area contributed by atoms with E-state index in [9.17, 15) is 0 Å². The van der Waals surface area contributed by atoms with Gasteiger partial charge in [0.25, 0.3) is 0 Å². The van der Waals surface area contributed by atoms with Crippen molar-refractivity contribution >= 4 is 60.9 Å². The number of para-hydroxylation sites is 1. The first-order chi connectivity index (χ1) is 25.3. The maximum absolute atomic E-state index is 6.81. The number of hydrogen-bond acceptors (Lipinski definition) is 4. The number of hydrogen-bond donors (Lipinski definition) is 0. The standard InChI is InChI=1S/C47H30N2O2/c1-4-14-31(15-5-1)32-24-26-35(27-25-32)49(41-29-28-36(33-16-6-2-7-17-33)37-20-10-11-21-38(37)41)45-44-43(51-47(48-44)34-18-8-3-9-19-34)30-40-39-22-12-13-23-42(39)50-46(40)45/h1-30H. The first-order valence-electron chi connectivity index (χ1n) is 17.1. The average molecular weight is 655 g/mol. The first kappa shape index (κ1) is 29.0. The zero-order valence-corrected chi connectivity index (χ0v) is 27.5. The predicted molar refractivity (Wildman–Crippen MR) is 210 cm³/mol. The van der Waals surface area contributed by atoms with E-state index in [4.69, 9.17) is 13.8 Å². The predicted octanol–water partition coefficient (Wildman–Crippen LogP) is 13.4. The van der Waals surface area contributed by atoms with Crippen molar-refractivity contribution in [2.24, 2.45) is 0 Å². The highest BCUT2D eigenvalue weighted by Crippen LogP contribution is 2.49. The fraction of sp³-hybridized carbons (Fsp3) is 0. The molecule has 0 spiro atoms. The summed E-state index contributed by atoms with van der Waals surface area (Å²) in [4.78, 5) is 7.52. The van der Waals surface area contributed by atoms with Gasteiger partial charge in [-0.15, -0.1) is 0 Å². The minimum Gasteiger partial charge on any atom is -0.454 e. The highest BCUT2D eigenvalue weighted by atomic mass is 16.4. The van der Waals surface area contributed by atoms with Crippen molar-refractivity contribution in [2.75, 3.05) is 4.90 Å². The molecule has 0 atom stereocenters. The molecule has 4 heteroatoms. The fourth-order valence-corrected chi connectivity index (χ4v) is 7.30. The van der Waals surface area contributed by atoms with Crippen LogP contribution in [0, 0.1) is 0 Å². The molecule has 0 N–H and O–H groups in total. The monoisotopic (exact) mass is 654 g/mol. The van der Waals surface area contributed by atoms with Crippen LogP contribution in [-0.4, -0.2) is 4.98 Å². The van der Waals surface area contributed by atoms with Gasteiger partial charge in [0.15, 0.2) is 11.2 Å². The number of furan rings is 1. The molecule has 0 radical (unpaired) electrons. The summed E-state index contributed by atoms with van der Waals surface area (Å²) < 4.78 is 13.4. The molecule has 0 unspecified atom stereocenters. The van der Waals surface area contributed by atoms with Gasteiger partial charge in [-0.3, -0.25) is 0 Å². The van der Waals surface area contributed by atoms with Crippen LogP contribution in [0.3, 0.4) is 0 Å². The van der Waals surface area contributed by atoms with Gasteiger partial charge in [0.1, 0.15) is 16.8 Å². The van der Waals surface area contributed by atoms with Gasteiger partial charge < -0.3 is 13.7 Å². The van der Waals surface area contributed by atoms with E-state index in [-0.39, 0.29) is 0 Å². The molecule has 4 nitrogen and oxygen atoms in total. The lowest BCUT2D eigenvalue weighted by Gasteiger charge is -2.28. The van der Waals surface area contributed by atoms with Crippen LogP contribution >= 0.6 is 0 Å². The lowest BCUT2D eigenvalue weighted by atomic mass is 9.96. The van der Waals surface area contributed by atoms with Crippen LogP contribution in [0.2, 0.25) is 0 Å². The Morgan fingerprint density at radius 1 is 0.412 bits per heavy atom. The molecule has 10 rings (SSSR count). The van der Waals surface area contributed by atoms with Gasteiger partial charge >= 0.3 is 0 Å². The van der Waals surface area contributed by atoms with Gasteiger partial charge in [-0.05, 0) is 70.1 Å². The molecule has 0 saturated heterocycles. The van der Waals surface area contributed by atoms with Gasteiger partial charge in [-0.2, -0.15) is 0 Å². The normalized spacial score (nSPS) is 11.5. The maximum atomic E-state index is 6.81. The van der Waals surface area contributed by atoms with Crippen molar-refractivity contribution in [1.29, 1.82) is 0 Å². The Morgan fingerprint density at radius 3 is 1.73 bits per heavy atom. The van der Waals surface area contributed by atoms with Crippen LogP contribution in [0.1, 0.15) is 0 Å². The molecule has 0 saturated carbocycles. The summed E-state index contributed by atoms with van der Waals surface area (Å²) in [6, 6.07) is 63.2. The molecule has 0 aliphatic carbocycles. The quantitative estimate of drug-likeness (QED) is 0.179. The van der Waals surface area contributed by atoms with Gasteiger partial charge in [0.05, 0.1) is 5.69 Å². The molecule has 240 valence electrons. The molecule has 0 aliphatic rings. The van der Waals surface area contributed by atoms with Crippen LogP contribution in [0.4, 0.5) is 17.1 Å². The van der Waals surface area contributed by atoms with Gasteiger partial charge in [-0.25, -0.2) is 4.98 Å². The Hall–Kier alpha value is -6.91. The van der Waals surface area contributed by atoms with Crippen molar-refractivity contribution in [3.8, 4) is 33.7 Å². The van der Waals surface area contributed by atoms with E-state index in [1.54, 1.807) is 0 Å². The Morgan fingerprint density at radius 2 is 1.00 bits per heavy atom. The summed E-state index contributed by atoms with van der Waals surface area (Å²) in [5.41, 5.74) is 11.4. The Balaban J connectivity index is 1.30.